The van der Waals surface area contributed by atoms with Crippen molar-refractivity contribution in [3.05, 3.63) is 11.6 Å². The van der Waals surface area contributed by atoms with Gasteiger partial charge < -0.3 is 20.1 Å². The van der Waals surface area contributed by atoms with E-state index in [0.29, 0.717) is 0 Å². The van der Waals surface area contributed by atoms with Crippen molar-refractivity contribution in [2.45, 2.75) is 24.4 Å². The Morgan fingerprint density at radius 2 is 2.00 bits per heavy atom. The first-order chi connectivity index (χ1) is 7.54. The predicted octanol–water partition coefficient (Wildman–Crippen LogP) is -2.95. The molecule has 0 radical (unpaired) electrons. The van der Waals surface area contributed by atoms with Crippen molar-refractivity contribution in [1.29, 1.82) is 0 Å². The summed E-state index contributed by atoms with van der Waals surface area (Å²) >= 11 is 0. The molecule has 2 aliphatic heterocycles. The standard InChI is InChI=1S/C9H11NO6/c11-2-4-6(13)7(14)8(16-4)3-1-5(12)10-9(3)15/h1,4,6-8,11,13-14H,2H2,(H,10,12,15)/t4-,6?,7?,8+/m1/s1. The topological polar surface area (TPSA) is 116 Å². The summed E-state index contributed by atoms with van der Waals surface area (Å²) in [6.07, 6.45) is -3.63. The van der Waals surface area contributed by atoms with E-state index in [2.05, 4.69) is 0 Å². The Labute approximate surface area is 90.3 Å². The lowest BCUT2D eigenvalue weighted by atomic mass is 10.0. The van der Waals surface area contributed by atoms with Gasteiger partial charge in [0.25, 0.3) is 11.8 Å². The van der Waals surface area contributed by atoms with E-state index in [4.69, 9.17) is 9.84 Å². The van der Waals surface area contributed by atoms with E-state index in [1.54, 1.807) is 0 Å². The van der Waals surface area contributed by atoms with Crippen LogP contribution in [-0.2, 0) is 14.3 Å². The highest BCUT2D eigenvalue weighted by atomic mass is 16.6. The number of rotatable bonds is 2. The molecule has 1 fully saturated rings. The van der Waals surface area contributed by atoms with Gasteiger partial charge in [0.15, 0.2) is 0 Å². The maximum Gasteiger partial charge on any atom is 0.256 e. The molecular formula is C9H11NO6. The van der Waals surface area contributed by atoms with Crippen LogP contribution in [0.3, 0.4) is 0 Å². The summed E-state index contributed by atoms with van der Waals surface area (Å²) in [5.41, 5.74) is -0.0347. The molecule has 2 aliphatic rings. The normalized spacial score (nSPS) is 38.8. The average Bonchev–Trinajstić information content (AvgIpc) is 2.70. The number of hydrogen-bond donors (Lipinski definition) is 4. The highest BCUT2D eigenvalue weighted by molar-refractivity contribution is 6.16. The van der Waals surface area contributed by atoms with Gasteiger partial charge >= 0.3 is 0 Å². The molecule has 4 atom stereocenters. The van der Waals surface area contributed by atoms with E-state index in [0.717, 1.165) is 6.08 Å². The average molecular weight is 229 g/mol. The van der Waals surface area contributed by atoms with Crippen molar-refractivity contribution in [2.24, 2.45) is 0 Å². The lowest BCUT2D eigenvalue weighted by molar-refractivity contribution is -0.124. The molecule has 0 aromatic carbocycles. The fourth-order valence-corrected chi connectivity index (χ4v) is 1.79. The van der Waals surface area contributed by atoms with Crippen LogP contribution in [0.4, 0.5) is 0 Å². The first-order valence-electron chi connectivity index (χ1n) is 4.74. The van der Waals surface area contributed by atoms with Crippen molar-refractivity contribution in [3.8, 4) is 0 Å². The molecule has 2 heterocycles. The Kier molecular flexibility index (Phi) is 2.76. The molecule has 2 amide bonds. The van der Waals surface area contributed by atoms with Gasteiger partial charge in [0, 0.05) is 6.08 Å². The first kappa shape index (κ1) is 11.2. The number of carbonyl (C=O) groups is 2. The van der Waals surface area contributed by atoms with Crippen LogP contribution in [0.2, 0.25) is 0 Å². The van der Waals surface area contributed by atoms with E-state index in [-0.39, 0.29) is 5.57 Å². The molecule has 0 aromatic heterocycles. The molecule has 7 nitrogen and oxygen atoms in total. The summed E-state index contributed by atoms with van der Waals surface area (Å²) in [6.45, 7) is -0.475. The van der Waals surface area contributed by atoms with E-state index in [9.17, 15) is 19.8 Å². The van der Waals surface area contributed by atoms with Crippen LogP contribution < -0.4 is 5.32 Å². The van der Waals surface area contributed by atoms with Gasteiger partial charge in [-0.2, -0.15) is 0 Å². The van der Waals surface area contributed by atoms with Gasteiger partial charge in [0.05, 0.1) is 12.2 Å². The van der Waals surface area contributed by atoms with Crippen LogP contribution in [0.15, 0.2) is 11.6 Å². The fourth-order valence-electron chi connectivity index (χ4n) is 1.79. The summed E-state index contributed by atoms with van der Waals surface area (Å²) in [4.78, 5) is 22.2. The number of ether oxygens (including phenoxy) is 1. The Hall–Kier alpha value is -1.28. The van der Waals surface area contributed by atoms with Gasteiger partial charge in [-0.3, -0.25) is 14.9 Å². The summed E-state index contributed by atoms with van der Waals surface area (Å²) in [5, 5.41) is 29.9. The minimum Gasteiger partial charge on any atom is -0.394 e. The Morgan fingerprint density at radius 3 is 2.44 bits per heavy atom. The summed E-state index contributed by atoms with van der Waals surface area (Å²) in [6, 6.07) is 0. The molecule has 0 saturated carbocycles. The molecule has 0 spiro atoms. The van der Waals surface area contributed by atoms with Gasteiger partial charge in [-0.1, -0.05) is 0 Å². The van der Waals surface area contributed by atoms with Crippen LogP contribution in [0, 0.1) is 0 Å². The third-order valence-corrected chi connectivity index (χ3v) is 2.63. The van der Waals surface area contributed by atoms with Crippen molar-refractivity contribution in [3.63, 3.8) is 0 Å². The quantitative estimate of drug-likeness (QED) is 0.376. The monoisotopic (exact) mass is 229 g/mol. The SMILES string of the molecule is O=C1C=C([C@@H]2O[C@H](CO)C(O)C2O)C(=O)N1. The van der Waals surface area contributed by atoms with Gasteiger partial charge in [0.1, 0.15) is 24.4 Å². The lowest BCUT2D eigenvalue weighted by Crippen LogP contribution is -2.36. The van der Waals surface area contributed by atoms with Gasteiger partial charge in [-0.15, -0.1) is 0 Å². The van der Waals surface area contributed by atoms with Crippen LogP contribution in [0.1, 0.15) is 0 Å². The smallest absolute Gasteiger partial charge is 0.256 e. The number of aliphatic hydroxyl groups is 3. The second-order valence-electron chi connectivity index (χ2n) is 3.68. The molecule has 16 heavy (non-hydrogen) atoms. The summed E-state index contributed by atoms with van der Waals surface area (Å²) in [5.74, 6) is -1.24. The minimum atomic E-state index is -1.33. The predicted molar refractivity (Wildman–Crippen MR) is 49.0 cm³/mol. The summed E-state index contributed by atoms with van der Waals surface area (Å²) in [7, 11) is 0. The van der Waals surface area contributed by atoms with Gasteiger partial charge in [-0.25, -0.2) is 0 Å². The second-order valence-corrected chi connectivity index (χ2v) is 3.68. The number of imide groups is 1. The van der Waals surface area contributed by atoms with E-state index < -0.39 is 42.8 Å². The zero-order valence-electron chi connectivity index (χ0n) is 8.16. The number of hydrogen-bond acceptors (Lipinski definition) is 6. The largest absolute Gasteiger partial charge is 0.394 e. The molecule has 88 valence electrons. The fraction of sp³-hybridized carbons (Fsp3) is 0.556. The van der Waals surface area contributed by atoms with Crippen LogP contribution >= 0.6 is 0 Å². The number of aliphatic hydroxyl groups excluding tert-OH is 3. The van der Waals surface area contributed by atoms with Gasteiger partial charge in [-0.05, 0) is 0 Å². The molecule has 2 unspecified atom stereocenters. The molecular weight excluding hydrogens is 218 g/mol. The van der Waals surface area contributed by atoms with E-state index in [1.165, 1.54) is 0 Å². The Morgan fingerprint density at radius 1 is 1.31 bits per heavy atom. The highest BCUT2D eigenvalue weighted by Crippen LogP contribution is 2.27. The molecule has 4 N–H and O–H groups in total. The lowest BCUT2D eigenvalue weighted by Gasteiger charge is -2.13. The molecule has 0 aliphatic carbocycles. The number of amides is 2. The highest BCUT2D eigenvalue weighted by Gasteiger charge is 2.46. The number of carbonyl (C=O) groups excluding carboxylic acids is 2. The van der Waals surface area contributed by atoms with Crippen LogP contribution in [-0.4, -0.2) is 58.2 Å². The minimum absolute atomic E-state index is 0.0347. The molecule has 1 saturated heterocycles. The Bertz CT molecular complexity index is 365. The van der Waals surface area contributed by atoms with E-state index in [1.807, 2.05) is 5.32 Å². The molecule has 0 aromatic rings. The maximum absolute atomic E-state index is 11.3. The zero-order chi connectivity index (χ0) is 11.9. The van der Waals surface area contributed by atoms with Crippen molar-refractivity contribution in [2.75, 3.05) is 6.61 Å². The zero-order valence-corrected chi connectivity index (χ0v) is 8.16. The number of nitrogens with one attached hydrogen (secondary N) is 1. The van der Waals surface area contributed by atoms with E-state index >= 15 is 0 Å². The van der Waals surface area contributed by atoms with Crippen molar-refractivity contribution >= 4 is 11.8 Å². The first-order valence-corrected chi connectivity index (χ1v) is 4.74. The molecule has 0 bridgehead atoms. The van der Waals surface area contributed by atoms with Gasteiger partial charge in [0.2, 0.25) is 0 Å². The second kappa shape index (κ2) is 3.95. The molecule has 2 rings (SSSR count). The Balaban J connectivity index is 2.20. The third kappa shape index (κ3) is 1.63. The van der Waals surface area contributed by atoms with Crippen molar-refractivity contribution < 1.29 is 29.6 Å². The van der Waals surface area contributed by atoms with Crippen LogP contribution in [0.25, 0.3) is 0 Å². The van der Waals surface area contributed by atoms with Crippen molar-refractivity contribution in [1.82, 2.24) is 5.32 Å². The third-order valence-electron chi connectivity index (χ3n) is 2.63. The molecule has 7 heteroatoms. The maximum atomic E-state index is 11.3. The van der Waals surface area contributed by atoms with Crippen LogP contribution in [0.5, 0.6) is 0 Å². The summed E-state index contributed by atoms with van der Waals surface area (Å²) < 4.78 is 5.11.